The zero-order valence-corrected chi connectivity index (χ0v) is 11.4. The van der Waals surface area contributed by atoms with Crippen molar-refractivity contribution >= 4 is 0 Å². The van der Waals surface area contributed by atoms with Gasteiger partial charge in [-0.3, -0.25) is 0 Å². The van der Waals surface area contributed by atoms with Crippen LogP contribution >= 0.6 is 0 Å². The summed E-state index contributed by atoms with van der Waals surface area (Å²) in [6, 6.07) is 7.20. The molecule has 0 saturated carbocycles. The van der Waals surface area contributed by atoms with Gasteiger partial charge in [0.05, 0.1) is 5.60 Å². The molecule has 1 aromatic rings. The maximum absolute atomic E-state index is 10.4. The first-order chi connectivity index (χ1) is 8.59. The molecule has 1 rings (SSSR count). The molecule has 3 heteroatoms. The molecule has 0 spiro atoms. The molecule has 0 atom stereocenters. The summed E-state index contributed by atoms with van der Waals surface area (Å²) in [5.74, 6) is 0.284. The lowest BCUT2D eigenvalue weighted by atomic mass is 9.92. The second-order valence-corrected chi connectivity index (χ2v) is 5.00. The van der Waals surface area contributed by atoms with Crippen LogP contribution in [-0.2, 0) is 6.54 Å². The Morgan fingerprint density at radius 1 is 1.17 bits per heavy atom. The van der Waals surface area contributed by atoms with E-state index in [0.29, 0.717) is 13.1 Å². The molecule has 0 saturated heterocycles. The fourth-order valence-corrected chi connectivity index (χ4v) is 2.34. The summed E-state index contributed by atoms with van der Waals surface area (Å²) >= 11 is 0. The minimum absolute atomic E-state index is 0.284. The summed E-state index contributed by atoms with van der Waals surface area (Å²) < 4.78 is 0. The van der Waals surface area contributed by atoms with Crippen LogP contribution in [0.25, 0.3) is 0 Å². The van der Waals surface area contributed by atoms with Crippen molar-refractivity contribution in [2.24, 2.45) is 0 Å². The summed E-state index contributed by atoms with van der Waals surface area (Å²) in [7, 11) is 0. The minimum atomic E-state index is -0.597. The summed E-state index contributed by atoms with van der Waals surface area (Å²) in [5.41, 5.74) is 0.436. The highest BCUT2D eigenvalue weighted by Crippen LogP contribution is 2.19. The molecule has 3 nitrogen and oxygen atoms in total. The zero-order valence-electron chi connectivity index (χ0n) is 11.4. The van der Waals surface area contributed by atoms with Crippen molar-refractivity contribution in [3.63, 3.8) is 0 Å². The maximum Gasteiger partial charge on any atom is 0.115 e. The van der Waals surface area contributed by atoms with E-state index in [-0.39, 0.29) is 5.75 Å². The van der Waals surface area contributed by atoms with Crippen LogP contribution in [0, 0.1) is 0 Å². The van der Waals surface area contributed by atoms with Gasteiger partial charge in [-0.1, -0.05) is 38.8 Å². The third kappa shape index (κ3) is 5.07. The smallest absolute Gasteiger partial charge is 0.115 e. The van der Waals surface area contributed by atoms with Crippen LogP contribution in [0.4, 0.5) is 0 Å². The third-order valence-electron chi connectivity index (χ3n) is 3.12. The molecular weight excluding hydrogens is 226 g/mol. The van der Waals surface area contributed by atoms with Crippen molar-refractivity contribution in [3.8, 4) is 5.75 Å². The van der Waals surface area contributed by atoms with E-state index in [2.05, 4.69) is 19.2 Å². The topological polar surface area (TPSA) is 52.5 Å². The molecule has 1 aromatic carbocycles. The monoisotopic (exact) mass is 251 g/mol. The third-order valence-corrected chi connectivity index (χ3v) is 3.12. The van der Waals surface area contributed by atoms with Crippen molar-refractivity contribution in [2.45, 2.75) is 51.7 Å². The Morgan fingerprint density at radius 2 is 1.83 bits per heavy atom. The summed E-state index contributed by atoms with van der Waals surface area (Å²) in [4.78, 5) is 0. The molecule has 0 aromatic heterocycles. The largest absolute Gasteiger partial charge is 0.508 e. The molecule has 0 aliphatic heterocycles. The average Bonchev–Trinajstić information content (AvgIpc) is 2.29. The van der Waals surface area contributed by atoms with Crippen LogP contribution in [0.3, 0.4) is 0 Å². The second-order valence-electron chi connectivity index (χ2n) is 5.00. The van der Waals surface area contributed by atoms with Gasteiger partial charge in [-0.25, -0.2) is 0 Å². The summed E-state index contributed by atoms with van der Waals surface area (Å²) in [5, 5.41) is 23.1. The molecule has 18 heavy (non-hydrogen) atoms. The molecule has 0 aliphatic rings. The van der Waals surface area contributed by atoms with Crippen LogP contribution in [-0.4, -0.2) is 22.4 Å². The molecular formula is C15H25NO2. The van der Waals surface area contributed by atoms with Gasteiger partial charge in [0, 0.05) is 13.1 Å². The number of hydrogen-bond donors (Lipinski definition) is 3. The van der Waals surface area contributed by atoms with Gasteiger partial charge in [-0.05, 0) is 30.5 Å². The Labute approximate surface area is 110 Å². The summed E-state index contributed by atoms with van der Waals surface area (Å²) in [6.07, 6.45) is 3.64. The van der Waals surface area contributed by atoms with Crippen molar-refractivity contribution in [3.05, 3.63) is 29.8 Å². The van der Waals surface area contributed by atoms with Crippen molar-refractivity contribution in [1.29, 1.82) is 0 Å². The van der Waals surface area contributed by atoms with Gasteiger partial charge in [0.2, 0.25) is 0 Å². The highest BCUT2D eigenvalue weighted by atomic mass is 16.3. The van der Waals surface area contributed by atoms with Gasteiger partial charge in [0.15, 0.2) is 0 Å². The Hall–Kier alpha value is -1.06. The van der Waals surface area contributed by atoms with Gasteiger partial charge in [0.25, 0.3) is 0 Å². The predicted octanol–water partition coefficient (Wildman–Crippen LogP) is 2.81. The van der Waals surface area contributed by atoms with Crippen molar-refractivity contribution < 1.29 is 10.2 Å². The number of phenols is 1. The number of rotatable bonds is 8. The normalized spacial score (nSPS) is 11.7. The van der Waals surface area contributed by atoms with Crippen molar-refractivity contribution in [1.82, 2.24) is 5.32 Å². The molecule has 0 bridgehead atoms. The number of nitrogens with one attached hydrogen (secondary N) is 1. The maximum atomic E-state index is 10.4. The standard InChI is InChI=1S/C15H25NO2/c1-3-8-15(18,9-4-2)12-16-11-13-6-5-7-14(17)10-13/h5-7,10,16-18H,3-4,8-9,11-12H2,1-2H3. The Kier molecular flexibility index (Phi) is 6.16. The van der Waals surface area contributed by atoms with Gasteiger partial charge in [0.1, 0.15) is 5.75 Å². The van der Waals surface area contributed by atoms with E-state index in [1.54, 1.807) is 12.1 Å². The highest BCUT2D eigenvalue weighted by Gasteiger charge is 2.23. The van der Waals surface area contributed by atoms with Gasteiger partial charge >= 0.3 is 0 Å². The quantitative estimate of drug-likeness (QED) is 0.666. The Balaban J connectivity index is 2.43. The van der Waals surface area contributed by atoms with E-state index in [1.165, 1.54) is 0 Å². The molecule has 0 amide bonds. The number of hydrogen-bond acceptors (Lipinski definition) is 3. The lowest BCUT2D eigenvalue weighted by Gasteiger charge is -2.28. The van der Waals surface area contributed by atoms with Crippen LogP contribution in [0.15, 0.2) is 24.3 Å². The SMILES string of the molecule is CCCC(O)(CCC)CNCc1cccc(O)c1. The van der Waals surface area contributed by atoms with E-state index in [0.717, 1.165) is 31.2 Å². The molecule has 0 unspecified atom stereocenters. The first kappa shape index (κ1) is 15.0. The molecule has 102 valence electrons. The second kappa shape index (κ2) is 7.39. The molecule has 3 N–H and O–H groups in total. The lowest BCUT2D eigenvalue weighted by molar-refractivity contribution is 0.0215. The molecule has 0 heterocycles. The number of aliphatic hydroxyl groups is 1. The van der Waals surface area contributed by atoms with E-state index in [1.807, 2.05) is 12.1 Å². The highest BCUT2D eigenvalue weighted by molar-refractivity contribution is 5.26. The van der Waals surface area contributed by atoms with Gasteiger partial charge in [-0.2, -0.15) is 0 Å². The predicted molar refractivity (Wildman–Crippen MR) is 74.6 cm³/mol. The van der Waals surface area contributed by atoms with Crippen LogP contribution in [0.5, 0.6) is 5.75 Å². The van der Waals surface area contributed by atoms with E-state index in [9.17, 15) is 10.2 Å². The van der Waals surface area contributed by atoms with E-state index < -0.39 is 5.60 Å². The van der Waals surface area contributed by atoms with Crippen LogP contribution < -0.4 is 5.32 Å². The Morgan fingerprint density at radius 3 is 2.39 bits per heavy atom. The lowest BCUT2D eigenvalue weighted by Crippen LogP contribution is -2.40. The van der Waals surface area contributed by atoms with Crippen molar-refractivity contribution in [2.75, 3.05) is 6.54 Å². The zero-order chi connectivity index (χ0) is 13.4. The fraction of sp³-hybridized carbons (Fsp3) is 0.600. The van der Waals surface area contributed by atoms with Gasteiger partial charge < -0.3 is 15.5 Å². The number of phenolic OH excluding ortho intramolecular Hbond substituents is 1. The number of benzene rings is 1. The van der Waals surface area contributed by atoms with Crippen LogP contribution in [0.1, 0.15) is 45.1 Å². The van der Waals surface area contributed by atoms with E-state index >= 15 is 0 Å². The molecule has 0 radical (unpaired) electrons. The molecule has 0 fully saturated rings. The Bertz CT molecular complexity index is 346. The van der Waals surface area contributed by atoms with Crippen LogP contribution in [0.2, 0.25) is 0 Å². The minimum Gasteiger partial charge on any atom is -0.508 e. The van der Waals surface area contributed by atoms with E-state index in [4.69, 9.17) is 0 Å². The first-order valence-corrected chi connectivity index (χ1v) is 6.80. The average molecular weight is 251 g/mol. The molecule has 0 aliphatic carbocycles. The first-order valence-electron chi connectivity index (χ1n) is 6.80. The summed E-state index contributed by atoms with van der Waals surface area (Å²) in [6.45, 7) is 5.46. The number of aromatic hydroxyl groups is 1. The fourth-order valence-electron chi connectivity index (χ4n) is 2.34. The van der Waals surface area contributed by atoms with Gasteiger partial charge in [-0.15, -0.1) is 0 Å².